The third-order valence-electron chi connectivity index (χ3n) is 5.60. The fraction of sp³-hybridized carbons (Fsp3) is 0.400. The monoisotopic (exact) mass is 453 g/mol. The predicted octanol–water partition coefficient (Wildman–Crippen LogP) is 5.51. The first-order valence-electron chi connectivity index (χ1n) is 11.2. The van der Waals surface area contributed by atoms with E-state index in [0.29, 0.717) is 22.7 Å². The first kappa shape index (κ1) is 23.7. The second kappa shape index (κ2) is 11.6. The molecule has 0 saturated heterocycles. The van der Waals surface area contributed by atoms with E-state index in [2.05, 4.69) is 16.0 Å². The van der Waals surface area contributed by atoms with Crippen LogP contribution in [0.5, 0.6) is 5.75 Å². The van der Waals surface area contributed by atoms with E-state index in [0.717, 1.165) is 32.1 Å². The van der Waals surface area contributed by atoms with Gasteiger partial charge in [-0.15, -0.1) is 0 Å². The molecule has 1 atom stereocenters. The summed E-state index contributed by atoms with van der Waals surface area (Å²) in [4.78, 5) is 25.1. The number of hydrogen-bond donors (Lipinski definition) is 3. The van der Waals surface area contributed by atoms with Gasteiger partial charge in [0.25, 0.3) is 5.91 Å². The minimum atomic E-state index is -0.321. The van der Waals surface area contributed by atoms with Crippen LogP contribution in [0.2, 0.25) is 0 Å². The van der Waals surface area contributed by atoms with Crippen LogP contribution in [0.1, 0.15) is 62.7 Å². The van der Waals surface area contributed by atoms with Crippen molar-refractivity contribution in [2.45, 2.75) is 58.5 Å². The molecule has 0 aliphatic heterocycles. The summed E-state index contributed by atoms with van der Waals surface area (Å²) in [6.45, 7) is 4.03. The Hall–Kier alpha value is -2.93. The van der Waals surface area contributed by atoms with Crippen LogP contribution < -0.4 is 20.7 Å². The summed E-state index contributed by atoms with van der Waals surface area (Å²) in [6.07, 6.45) is 6.28. The van der Waals surface area contributed by atoms with E-state index >= 15 is 0 Å². The zero-order chi connectivity index (χ0) is 22.9. The van der Waals surface area contributed by atoms with Crippen molar-refractivity contribution >= 4 is 40.5 Å². The van der Waals surface area contributed by atoms with Gasteiger partial charge in [0.05, 0.1) is 6.10 Å². The van der Waals surface area contributed by atoms with E-state index in [9.17, 15) is 9.59 Å². The van der Waals surface area contributed by atoms with Crippen LogP contribution in [0.15, 0.2) is 48.5 Å². The fourth-order valence-corrected chi connectivity index (χ4v) is 3.86. The molecule has 1 unspecified atom stereocenters. The molecule has 1 aliphatic rings. The van der Waals surface area contributed by atoms with Crippen LogP contribution >= 0.6 is 12.2 Å². The Kier molecular flexibility index (Phi) is 8.62. The van der Waals surface area contributed by atoms with E-state index < -0.39 is 0 Å². The van der Waals surface area contributed by atoms with Crippen molar-refractivity contribution in [2.24, 2.45) is 5.92 Å². The SMILES string of the molecule is CCC(C)Oc1cccc(C(=O)NC(=S)Nc2cccc(NC(=O)C3CCCCC3)c2)c1. The number of hydrogen-bond acceptors (Lipinski definition) is 4. The van der Waals surface area contributed by atoms with Gasteiger partial charge in [-0.2, -0.15) is 0 Å². The summed E-state index contributed by atoms with van der Waals surface area (Å²) in [6, 6.07) is 14.3. The van der Waals surface area contributed by atoms with E-state index in [4.69, 9.17) is 17.0 Å². The van der Waals surface area contributed by atoms with Crippen molar-refractivity contribution in [2.75, 3.05) is 10.6 Å². The number of nitrogens with one attached hydrogen (secondary N) is 3. The maximum Gasteiger partial charge on any atom is 0.257 e. The van der Waals surface area contributed by atoms with Crippen LogP contribution in [0.25, 0.3) is 0 Å². The lowest BCUT2D eigenvalue weighted by Crippen LogP contribution is -2.34. The Labute approximate surface area is 195 Å². The Bertz CT molecular complexity index is 957. The van der Waals surface area contributed by atoms with Gasteiger partial charge in [-0.05, 0) is 74.8 Å². The van der Waals surface area contributed by atoms with Gasteiger partial charge >= 0.3 is 0 Å². The molecule has 3 N–H and O–H groups in total. The van der Waals surface area contributed by atoms with Crippen molar-refractivity contribution in [1.29, 1.82) is 0 Å². The number of ether oxygens (including phenoxy) is 1. The largest absolute Gasteiger partial charge is 0.491 e. The molecule has 1 fully saturated rings. The molecule has 6 nitrogen and oxygen atoms in total. The molecule has 0 bridgehead atoms. The van der Waals surface area contributed by atoms with Crippen LogP contribution in [-0.2, 0) is 4.79 Å². The van der Waals surface area contributed by atoms with E-state index in [1.165, 1.54) is 6.42 Å². The number of thiocarbonyl (C=S) groups is 1. The summed E-state index contributed by atoms with van der Waals surface area (Å²) in [5, 5.41) is 8.87. The summed E-state index contributed by atoms with van der Waals surface area (Å²) in [7, 11) is 0. The molecular weight excluding hydrogens is 422 g/mol. The van der Waals surface area contributed by atoms with Crippen molar-refractivity contribution in [3.63, 3.8) is 0 Å². The van der Waals surface area contributed by atoms with Crippen molar-refractivity contribution < 1.29 is 14.3 Å². The number of rotatable bonds is 7. The molecule has 32 heavy (non-hydrogen) atoms. The van der Waals surface area contributed by atoms with Gasteiger partial charge in [0.15, 0.2) is 5.11 Å². The average Bonchev–Trinajstić information content (AvgIpc) is 2.79. The third kappa shape index (κ3) is 7.05. The molecule has 1 saturated carbocycles. The Morgan fingerprint density at radius 1 is 1.03 bits per heavy atom. The molecule has 170 valence electrons. The normalized spacial score (nSPS) is 14.8. The predicted molar refractivity (Wildman–Crippen MR) is 132 cm³/mol. The highest BCUT2D eigenvalue weighted by atomic mass is 32.1. The minimum absolute atomic E-state index is 0.0669. The molecule has 7 heteroatoms. The Morgan fingerprint density at radius 2 is 1.72 bits per heavy atom. The number of benzene rings is 2. The first-order valence-corrected chi connectivity index (χ1v) is 11.7. The fourth-order valence-electron chi connectivity index (χ4n) is 3.65. The second-order valence-electron chi connectivity index (χ2n) is 8.18. The zero-order valence-corrected chi connectivity index (χ0v) is 19.5. The second-order valence-corrected chi connectivity index (χ2v) is 8.59. The zero-order valence-electron chi connectivity index (χ0n) is 18.6. The maximum atomic E-state index is 12.6. The number of amides is 2. The summed E-state index contributed by atoms with van der Waals surface area (Å²) < 4.78 is 5.78. The lowest BCUT2D eigenvalue weighted by atomic mass is 9.88. The molecule has 2 amide bonds. The van der Waals surface area contributed by atoms with Gasteiger partial charge in [0.1, 0.15) is 5.75 Å². The van der Waals surface area contributed by atoms with Crippen molar-refractivity contribution in [1.82, 2.24) is 5.32 Å². The quantitative estimate of drug-likeness (QED) is 0.482. The Morgan fingerprint density at radius 3 is 2.44 bits per heavy atom. The number of carbonyl (C=O) groups is 2. The van der Waals surface area contributed by atoms with Gasteiger partial charge in [-0.3, -0.25) is 14.9 Å². The number of carbonyl (C=O) groups excluding carboxylic acids is 2. The van der Waals surface area contributed by atoms with Gasteiger partial charge in [0.2, 0.25) is 5.91 Å². The average molecular weight is 454 g/mol. The van der Waals surface area contributed by atoms with E-state index in [1.807, 2.05) is 38.1 Å². The Balaban J connectivity index is 1.55. The van der Waals surface area contributed by atoms with Gasteiger partial charge in [-0.1, -0.05) is 38.3 Å². The molecule has 0 spiro atoms. The summed E-state index contributed by atoms with van der Waals surface area (Å²) >= 11 is 5.31. The lowest BCUT2D eigenvalue weighted by molar-refractivity contribution is -0.120. The molecule has 0 heterocycles. The van der Waals surface area contributed by atoms with Crippen LogP contribution in [0.3, 0.4) is 0 Å². The molecule has 2 aromatic rings. The number of anilines is 2. The summed E-state index contributed by atoms with van der Waals surface area (Å²) in [5.74, 6) is 0.476. The highest BCUT2D eigenvalue weighted by Crippen LogP contribution is 2.25. The molecule has 1 aliphatic carbocycles. The lowest BCUT2D eigenvalue weighted by Gasteiger charge is -2.21. The highest BCUT2D eigenvalue weighted by molar-refractivity contribution is 7.80. The van der Waals surface area contributed by atoms with Crippen LogP contribution in [-0.4, -0.2) is 23.0 Å². The third-order valence-corrected chi connectivity index (χ3v) is 5.80. The van der Waals surface area contributed by atoms with Crippen LogP contribution in [0.4, 0.5) is 11.4 Å². The molecular formula is C25H31N3O3S. The summed E-state index contributed by atoms with van der Waals surface area (Å²) in [5.41, 5.74) is 1.85. The molecule has 2 aromatic carbocycles. The molecule has 0 aromatic heterocycles. The maximum absolute atomic E-state index is 12.6. The topological polar surface area (TPSA) is 79.5 Å². The van der Waals surface area contributed by atoms with Crippen LogP contribution in [0, 0.1) is 5.92 Å². The van der Waals surface area contributed by atoms with E-state index in [-0.39, 0.29) is 28.9 Å². The highest BCUT2D eigenvalue weighted by Gasteiger charge is 2.21. The van der Waals surface area contributed by atoms with Gasteiger partial charge in [-0.25, -0.2) is 0 Å². The van der Waals surface area contributed by atoms with Crippen molar-refractivity contribution in [3.05, 3.63) is 54.1 Å². The smallest absolute Gasteiger partial charge is 0.257 e. The van der Waals surface area contributed by atoms with Crippen molar-refractivity contribution in [3.8, 4) is 5.75 Å². The standard InChI is InChI=1S/C25H31N3O3S/c1-3-17(2)31-22-14-7-11-19(15-22)24(30)28-25(32)27-21-13-8-12-20(16-21)26-23(29)18-9-5-4-6-10-18/h7-8,11-18H,3-6,9-10H2,1-2H3,(H,26,29)(H2,27,28,30,32). The van der Waals surface area contributed by atoms with E-state index in [1.54, 1.807) is 24.3 Å². The van der Waals surface area contributed by atoms with Gasteiger partial charge < -0.3 is 15.4 Å². The molecule has 0 radical (unpaired) electrons. The minimum Gasteiger partial charge on any atom is -0.491 e. The first-order chi connectivity index (χ1) is 15.4. The van der Waals surface area contributed by atoms with Gasteiger partial charge in [0, 0.05) is 22.9 Å². The molecule has 3 rings (SSSR count).